The first-order valence-electron chi connectivity index (χ1n) is 9.12. The van der Waals surface area contributed by atoms with Crippen LogP contribution in [0.2, 0.25) is 0 Å². The van der Waals surface area contributed by atoms with Crippen LogP contribution >= 0.6 is 11.8 Å². The average molecular weight is 406 g/mol. The van der Waals surface area contributed by atoms with E-state index in [2.05, 4.69) is 10.3 Å². The van der Waals surface area contributed by atoms with Crippen molar-refractivity contribution in [3.63, 3.8) is 0 Å². The standard InChI is InChI=1S/C18H21N3O4.C2H6S/c1-3-25-17-8-12(4-7-16(17)24-2)10-19-18-15(21(22)23)9-14(11-20-18)13-5-6-13;1-3-2/h4,7-9,11,13H,3,5-6,10H2,1-2H3,(H,19,20);1-2H3. The molecule has 28 heavy (non-hydrogen) atoms. The van der Waals surface area contributed by atoms with Crippen LogP contribution in [-0.2, 0) is 6.54 Å². The van der Waals surface area contributed by atoms with Gasteiger partial charge in [0.1, 0.15) is 0 Å². The molecular formula is C20H27N3O4S. The second-order valence-electron chi connectivity index (χ2n) is 6.35. The van der Waals surface area contributed by atoms with Gasteiger partial charge < -0.3 is 14.8 Å². The molecule has 0 unspecified atom stereocenters. The summed E-state index contributed by atoms with van der Waals surface area (Å²) in [5, 5.41) is 14.4. The van der Waals surface area contributed by atoms with Gasteiger partial charge in [-0.05, 0) is 61.5 Å². The van der Waals surface area contributed by atoms with Gasteiger partial charge in [0.25, 0.3) is 0 Å². The van der Waals surface area contributed by atoms with Crippen molar-refractivity contribution in [2.24, 2.45) is 0 Å². The van der Waals surface area contributed by atoms with E-state index in [4.69, 9.17) is 9.47 Å². The zero-order valence-corrected chi connectivity index (χ0v) is 17.5. The zero-order chi connectivity index (χ0) is 20.5. The number of hydrogen-bond acceptors (Lipinski definition) is 7. The quantitative estimate of drug-likeness (QED) is 0.495. The van der Waals surface area contributed by atoms with Gasteiger partial charge >= 0.3 is 5.69 Å². The molecule has 2 aromatic rings. The molecule has 0 spiro atoms. The normalized spacial score (nSPS) is 12.6. The zero-order valence-electron chi connectivity index (χ0n) is 16.7. The van der Waals surface area contributed by atoms with E-state index in [-0.39, 0.29) is 16.4 Å². The summed E-state index contributed by atoms with van der Waals surface area (Å²) >= 11 is 1.75. The van der Waals surface area contributed by atoms with Gasteiger partial charge in [0.2, 0.25) is 5.82 Å². The molecule has 0 radical (unpaired) electrons. The molecule has 0 amide bonds. The molecule has 1 aliphatic rings. The number of anilines is 1. The van der Waals surface area contributed by atoms with Crippen LogP contribution in [0, 0.1) is 10.1 Å². The summed E-state index contributed by atoms with van der Waals surface area (Å²) in [5.41, 5.74) is 1.88. The van der Waals surface area contributed by atoms with Gasteiger partial charge in [0, 0.05) is 18.8 Å². The van der Waals surface area contributed by atoms with Gasteiger partial charge in [-0.3, -0.25) is 10.1 Å². The number of methoxy groups -OCH3 is 1. The highest BCUT2D eigenvalue weighted by Gasteiger charge is 2.27. The topological polar surface area (TPSA) is 86.5 Å². The fourth-order valence-corrected chi connectivity index (χ4v) is 2.67. The predicted molar refractivity (Wildman–Crippen MR) is 114 cm³/mol. The maximum Gasteiger partial charge on any atom is 0.311 e. The summed E-state index contributed by atoms with van der Waals surface area (Å²) in [5.74, 6) is 2.01. The Morgan fingerprint density at radius 3 is 2.57 bits per heavy atom. The number of benzene rings is 1. The smallest absolute Gasteiger partial charge is 0.311 e. The number of pyridine rings is 1. The first-order chi connectivity index (χ1) is 13.5. The molecule has 152 valence electrons. The summed E-state index contributed by atoms with van der Waals surface area (Å²) in [6.45, 7) is 2.84. The molecule has 0 atom stereocenters. The van der Waals surface area contributed by atoms with E-state index in [9.17, 15) is 10.1 Å². The van der Waals surface area contributed by atoms with Crippen molar-refractivity contribution in [1.82, 2.24) is 4.98 Å². The van der Waals surface area contributed by atoms with Crippen LogP contribution in [0.15, 0.2) is 30.5 Å². The van der Waals surface area contributed by atoms with E-state index in [1.807, 2.05) is 37.6 Å². The number of aromatic nitrogens is 1. The number of ether oxygens (including phenoxy) is 2. The fourth-order valence-electron chi connectivity index (χ4n) is 2.67. The highest BCUT2D eigenvalue weighted by atomic mass is 32.2. The molecular weight excluding hydrogens is 378 g/mol. The summed E-state index contributed by atoms with van der Waals surface area (Å²) in [6.07, 6.45) is 7.97. The third-order valence-corrected chi connectivity index (χ3v) is 4.12. The molecule has 3 rings (SSSR count). The lowest BCUT2D eigenvalue weighted by Gasteiger charge is -2.12. The summed E-state index contributed by atoms with van der Waals surface area (Å²) in [4.78, 5) is 15.2. The second-order valence-corrected chi connectivity index (χ2v) is 7.16. The highest BCUT2D eigenvalue weighted by molar-refractivity contribution is 7.97. The van der Waals surface area contributed by atoms with Gasteiger partial charge in [-0.15, -0.1) is 0 Å². The summed E-state index contributed by atoms with van der Waals surface area (Å²) < 4.78 is 10.8. The molecule has 0 saturated heterocycles. The Kier molecular flexibility index (Phi) is 8.38. The van der Waals surface area contributed by atoms with Crippen molar-refractivity contribution in [2.75, 3.05) is 31.5 Å². The van der Waals surface area contributed by atoms with Crippen LogP contribution in [0.5, 0.6) is 11.5 Å². The number of nitrogens with zero attached hydrogens (tertiary/aromatic N) is 2. The molecule has 8 heteroatoms. The van der Waals surface area contributed by atoms with Crippen molar-refractivity contribution < 1.29 is 14.4 Å². The summed E-state index contributed by atoms with van der Waals surface area (Å²) in [6, 6.07) is 7.20. The fraction of sp³-hybridized carbons (Fsp3) is 0.450. The van der Waals surface area contributed by atoms with Crippen molar-refractivity contribution in [3.05, 3.63) is 51.7 Å². The average Bonchev–Trinajstić information content (AvgIpc) is 3.52. The van der Waals surface area contributed by atoms with E-state index < -0.39 is 0 Å². The third-order valence-electron chi connectivity index (χ3n) is 4.12. The monoisotopic (exact) mass is 405 g/mol. The van der Waals surface area contributed by atoms with Gasteiger partial charge in [0.15, 0.2) is 11.5 Å². The van der Waals surface area contributed by atoms with Crippen molar-refractivity contribution in [1.29, 1.82) is 0 Å². The van der Waals surface area contributed by atoms with E-state index in [1.165, 1.54) is 0 Å². The van der Waals surface area contributed by atoms with Crippen molar-refractivity contribution in [2.45, 2.75) is 32.2 Å². The van der Waals surface area contributed by atoms with Crippen LogP contribution in [0.25, 0.3) is 0 Å². The Morgan fingerprint density at radius 2 is 2.00 bits per heavy atom. The number of hydrogen-bond donors (Lipinski definition) is 1. The second kappa shape index (κ2) is 10.8. The molecule has 1 aromatic carbocycles. The minimum absolute atomic E-state index is 0.0166. The van der Waals surface area contributed by atoms with E-state index >= 15 is 0 Å². The molecule has 7 nitrogen and oxygen atoms in total. The Hall–Kier alpha value is -2.48. The van der Waals surface area contributed by atoms with Gasteiger partial charge in [0.05, 0.1) is 18.6 Å². The van der Waals surface area contributed by atoms with Gasteiger partial charge in [-0.1, -0.05) is 6.07 Å². The molecule has 0 aliphatic heterocycles. The minimum Gasteiger partial charge on any atom is -0.493 e. The van der Waals surface area contributed by atoms with Crippen LogP contribution in [0.4, 0.5) is 11.5 Å². The van der Waals surface area contributed by atoms with E-state index in [0.29, 0.717) is 30.6 Å². The Balaban J connectivity index is 0.000000878. The molecule has 1 heterocycles. The number of rotatable bonds is 8. The predicted octanol–water partition coefficient (Wildman–Crippen LogP) is 4.87. The van der Waals surface area contributed by atoms with Gasteiger partial charge in [-0.2, -0.15) is 11.8 Å². The molecule has 0 bridgehead atoms. The van der Waals surface area contributed by atoms with Crippen LogP contribution in [-0.4, -0.2) is 36.1 Å². The lowest BCUT2D eigenvalue weighted by Crippen LogP contribution is -2.06. The van der Waals surface area contributed by atoms with Gasteiger partial charge in [-0.25, -0.2) is 4.98 Å². The Labute approximate surface area is 170 Å². The van der Waals surface area contributed by atoms with Crippen LogP contribution < -0.4 is 14.8 Å². The summed E-state index contributed by atoms with van der Waals surface area (Å²) in [7, 11) is 1.59. The minimum atomic E-state index is -0.388. The third kappa shape index (κ3) is 6.02. The highest BCUT2D eigenvalue weighted by Crippen LogP contribution is 2.41. The number of thioether (sulfide) groups is 1. The first kappa shape index (κ1) is 21.8. The van der Waals surface area contributed by atoms with Crippen LogP contribution in [0.3, 0.4) is 0 Å². The Morgan fingerprint density at radius 1 is 1.29 bits per heavy atom. The lowest BCUT2D eigenvalue weighted by molar-refractivity contribution is -0.384. The first-order valence-corrected chi connectivity index (χ1v) is 10.7. The van der Waals surface area contributed by atoms with E-state index in [0.717, 1.165) is 24.0 Å². The molecule has 1 fully saturated rings. The Bertz CT molecular complexity index is 797. The van der Waals surface area contributed by atoms with Crippen molar-refractivity contribution in [3.8, 4) is 11.5 Å². The van der Waals surface area contributed by atoms with Crippen molar-refractivity contribution >= 4 is 23.3 Å². The number of nitro groups is 1. The lowest BCUT2D eigenvalue weighted by atomic mass is 10.1. The SMILES string of the molecule is CCOc1cc(CNc2ncc(C3CC3)cc2[N+](=O)[O-])ccc1OC.CSC. The molecule has 1 aliphatic carbocycles. The van der Waals surface area contributed by atoms with Crippen LogP contribution in [0.1, 0.15) is 36.8 Å². The largest absolute Gasteiger partial charge is 0.493 e. The maximum absolute atomic E-state index is 11.3. The number of nitrogens with one attached hydrogen (secondary N) is 1. The van der Waals surface area contributed by atoms with E-state index in [1.54, 1.807) is 31.1 Å². The maximum atomic E-state index is 11.3. The molecule has 1 N–H and O–H groups in total. The molecule has 1 saturated carbocycles. The molecule has 1 aromatic heterocycles.